The highest BCUT2D eigenvalue weighted by molar-refractivity contribution is 5.71. The van der Waals surface area contributed by atoms with E-state index >= 15 is 0 Å². The van der Waals surface area contributed by atoms with Gasteiger partial charge in [0.25, 0.3) is 0 Å². The number of hydrogen-bond acceptors (Lipinski definition) is 6. The Kier molecular flexibility index (Phi) is 63.1. The number of rotatable bonds is 55. The summed E-state index contributed by atoms with van der Waals surface area (Å²) < 4.78 is 16.8. The number of carbonyl (C=O) groups is 3. The molecule has 0 amide bonds. The second-order valence-corrected chi connectivity index (χ2v) is 20.2. The van der Waals surface area contributed by atoms with Crippen molar-refractivity contribution in [3.8, 4) is 0 Å². The summed E-state index contributed by atoms with van der Waals surface area (Å²) in [5.74, 6) is -1.11. The molecule has 6 heteroatoms. The van der Waals surface area contributed by atoms with Crippen molar-refractivity contribution in [2.75, 3.05) is 13.2 Å². The van der Waals surface area contributed by atoms with Crippen LogP contribution < -0.4 is 0 Å². The summed E-state index contributed by atoms with van der Waals surface area (Å²) in [5, 5.41) is 0. The maximum Gasteiger partial charge on any atom is 0.306 e. The van der Waals surface area contributed by atoms with Crippen LogP contribution in [0.25, 0.3) is 0 Å². The Morgan fingerprint density at radius 1 is 0.241 bits per heavy atom. The molecule has 0 aliphatic carbocycles. The topological polar surface area (TPSA) is 78.9 Å². The van der Waals surface area contributed by atoms with E-state index in [0.29, 0.717) is 12.8 Å². The fourth-order valence-electron chi connectivity index (χ4n) is 7.78. The number of allylic oxidation sites excluding steroid dienone is 36. The molecule has 0 aromatic carbocycles. The van der Waals surface area contributed by atoms with Crippen LogP contribution in [0.15, 0.2) is 219 Å². The number of ether oxygens (including phenoxy) is 3. The molecule has 0 rings (SSSR count). The standard InChI is InChI=1S/C77H114O6/c1-4-7-10-13-16-19-22-25-27-29-31-33-35-36-37-38-39-40-42-43-45-47-49-52-55-58-61-64-67-70-76(79)82-73-74(72-81-75(78)69-66-63-60-57-54-51-24-21-18-15-12-9-6-3)83-77(80)71-68-65-62-59-56-53-50-48-46-44-41-34-32-30-28-26-23-20-17-14-11-8-5-2/h7-12,16-21,25-28,31-34,36-37,39-40,43-46,49,51-52,54,58,60-61,63,74H,4-6,13-15,22-24,29-30,35,38,41-42,47-48,50,53,55-57,59,62,64-73H2,1-3H3/b10-7-,11-8-,12-9-,19-16-,20-17-,21-18-,27-25-,28-26-,33-31-,34-32-,37-36-,40-39-,45-43-,46-44-,52-49-,54-51-,61-58-,63-60-. The summed E-state index contributed by atoms with van der Waals surface area (Å²) in [4.78, 5) is 38.3. The Bertz CT molecular complexity index is 2080. The van der Waals surface area contributed by atoms with Gasteiger partial charge in [-0.2, -0.15) is 0 Å². The fourth-order valence-corrected chi connectivity index (χ4v) is 7.78. The number of unbranched alkanes of at least 4 members (excludes halogenated alkanes) is 8. The molecular formula is C77H114O6. The van der Waals surface area contributed by atoms with E-state index in [1.165, 1.54) is 19.3 Å². The van der Waals surface area contributed by atoms with Gasteiger partial charge in [0.15, 0.2) is 6.10 Å². The molecule has 6 nitrogen and oxygen atoms in total. The van der Waals surface area contributed by atoms with Crippen molar-refractivity contribution >= 4 is 17.9 Å². The lowest BCUT2D eigenvalue weighted by Gasteiger charge is -2.18. The predicted molar refractivity (Wildman–Crippen MR) is 361 cm³/mol. The number of hydrogen-bond donors (Lipinski definition) is 0. The van der Waals surface area contributed by atoms with Crippen LogP contribution in [0.4, 0.5) is 0 Å². The van der Waals surface area contributed by atoms with Gasteiger partial charge >= 0.3 is 17.9 Å². The molecule has 0 spiro atoms. The normalized spacial score (nSPS) is 13.6. The molecule has 1 unspecified atom stereocenters. The fraction of sp³-hybridized carbons (Fsp3) is 0.494. The zero-order valence-corrected chi connectivity index (χ0v) is 52.4. The Morgan fingerprint density at radius 2 is 0.470 bits per heavy atom. The lowest BCUT2D eigenvalue weighted by molar-refractivity contribution is -0.166. The van der Waals surface area contributed by atoms with E-state index < -0.39 is 6.10 Å². The first kappa shape index (κ1) is 76.7. The Balaban J connectivity index is 4.55. The van der Waals surface area contributed by atoms with Crippen LogP contribution in [-0.2, 0) is 28.6 Å². The summed E-state index contributed by atoms with van der Waals surface area (Å²) >= 11 is 0. The number of esters is 3. The monoisotopic (exact) mass is 1130 g/mol. The SMILES string of the molecule is CC/C=C\C/C=C\C/C=C\C/C=C\C/C=C\C/C=C\C/C=C\C/C=C\C/C=C\CCCC(=O)OCC(COC(=O)CC/C=C\C/C=C\C/C=C\C/C=C\CC)OC(=O)CCCCCCCCC/C=C\C/C=C\C/C=C\C/C=C\C/C=C\CC. The highest BCUT2D eigenvalue weighted by Gasteiger charge is 2.19. The Morgan fingerprint density at radius 3 is 0.783 bits per heavy atom. The lowest BCUT2D eigenvalue weighted by Crippen LogP contribution is -2.30. The van der Waals surface area contributed by atoms with Gasteiger partial charge in [0.1, 0.15) is 13.2 Å². The van der Waals surface area contributed by atoms with E-state index in [2.05, 4.69) is 227 Å². The molecule has 0 aromatic rings. The maximum atomic E-state index is 12.9. The molecule has 0 bridgehead atoms. The lowest BCUT2D eigenvalue weighted by atomic mass is 10.1. The third-order valence-electron chi connectivity index (χ3n) is 12.5. The van der Waals surface area contributed by atoms with Crippen LogP contribution in [0.2, 0.25) is 0 Å². The molecule has 0 fully saturated rings. The zero-order valence-electron chi connectivity index (χ0n) is 52.4. The minimum Gasteiger partial charge on any atom is -0.462 e. The molecule has 0 heterocycles. The molecule has 0 saturated carbocycles. The summed E-state index contributed by atoms with van der Waals surface area (Å²) in [6, 6.07) is 0. The van der Waals surface area contributed by atoms with Gasteiger partial charge in [0.05, 0.1) is 0 Å². The van der Waals surface area contributed by atoms with E-state index in [-0.39, 0.29) is 50.4 Å². The van der Waals surface area contributed by atoms with Crippen LogP contribution in [0.3, 0.4) is 0 Å². The molecule has 0 aliphatic heterocycles. The second-order valence-electron chi connectivity index (χ2n) is 20.2. The van der Waals surface area contributed by atoms with Crippen LogP contribution in [-0.4, -0.2) is 37.2 Å². The van der Waals surface area contributed by atoms with Crippen molar-refractivity contribution in [3.05, 3.63) is 219 Å². The summed E-state index contributed by atoms with van der Waals surface area (Å²) in [5.41, 5.74) is 0. The molecule has 0 saturated heterocycles. The van der Waals surface area contributed by atoms with Gasteiger partial charge < -0.3 is 14.2 Å². The van der Waals surface area contributed by atoms with Gasteiger partial charge in [-0.1, -0.05) is 272 Å². The highest BCUT2D eigenvalue weighted by Crippen LogP contribution is 2.13. The molecule has 0 radical (unpaired) electrons. The van der Waals surface area contributed by atoms with Crippen molar-refractivity contribution in [3.63, 3.8) is 0 Å². The molecule has 0 aromatic heterocycles. The van der Waals surface area contributed by atoms with E-state index in [1.807, 2.05) is 12.2 Å². The third kappa shape index (κ3) is 66.4. The van der Waals surface area contributed by atoms with Gasteiger partial charge in [0.2, 0.25) is 0 Å². The third-order valence-corrected chi connectivity index (χ3v) is 12.5. The van der Waals surface area contributed by atoms with Crippen molar-refractivity contribution in [2.45, 2.75) is 232 Å². The van der Waals surface area contributed by atoms with Crippen molar-refractivity contribution in [2.24, 2.45) is 0 Å². The first-order valence-electron chi connectivity index (χ1n) is 32.2. The minimum absolute atomic E-state index is 0.148. The first-order chi connectivity index (χ1) is 41.0. The van der Waals surface area contributed by atoms with Gasteiger partial charge in [-0.3, -0.25) is 14.4 Å². The first-order valence-corrected chi connectivity index (χ1v) is 32.2. The Labute approximate surface area is 508 Å². The van der Waals surface area contributed by atoms with E-state index in [9.17, 15) is 14.4 Å². The highest BCUT2D eigenvalue weighted by atomic mass is 16.6. The average molecular weight is 1140 g/mol. The Hall–Kier alpha value is -6.27. The van der Waals surface area contributed by atoms with Gasteiger partial charge in [-0.25, -0.2) is 0 Å². The molecule has 1 atom stereocenters. The van der Waals surface area contributed by atoms with E-state index in [1.54, 1.807) is 0 Å². The van der Waals surface area contributed by atoms with Crippen LogP contribution in [0.5, 0.6) is 0 Å². The largest absolute Gasteiger partial charge is 0.462 e. The maximum absolute atomic E-state index is 12.9. The van der Waals surface area contributed by atoms with Gasteiger partial charge in [-0.05, 0) is 154 Å². The molecule has 458 valence electrons. The van der Waals surface area contributed by atoms with Crippen molar-refractivity contribution < 1.29 is 28.6 Å². The molecule has 0 N–H and O–H groups in total. The molecule has 0 aliphatic rings. The minimum atomic E-state index is -0.853. The summed E-state index contributed by atoms with van der Waals surface area (Å²) in [7, 11) is 0. The summed E-state index contributed by atoms with van der Waals surface area (Å²) in [6.07, 6.45) is 107. The quantitative estimate of drug-likeness (QED) is 0.0261. The predicted octanol–water partition coefficient (Wildman–Crippen LogP) is 22.5. The van der Waals surface area contributed by atoms with E-state index in [4.69, 9.17) is 14.2 Å². The van der Waals surface area contributed by atoms with Crippen molar-refractivity contribution in [1.82, 2.24) is 0 Å². The van der Waals surface area contributed by atoms with Gasteiger partial charge in [0, 0.05) is 19.3 Å². The van der Waals surface area contributed by atoms with Crippen molar-refractivity contribution in [1.29, 1.82) is 0 Å². The number of carbonyl (C=O) groups excluding carboxylic acids is 3. The second kappa shape index (κ2) is 68.2. The summed E-state index contributed by atoms with van der Waals surface area (Å²) in [6.45, 7) is 6.15. The van der Waals surface area contributed by atoms with Crippen LogP contribution >= 0.6 is 0 Å². The van der Waals surface area contributed by atoms with E-state index in [0.717, 1.165) is 154 Å². The van der Waals surface area contributed by atoms with Gasteiger partial charge in [-0.15, -0.1) is 0 Å². The smallest absolute Gasteiger partial charge is 0.306 e. The molecular weight excluding hydrogens is 1020 g/mol. The average Bonchev–Trinajstić information content (AvgIpc) is 3.49. The van der Waals surface area contributed by atoms with Crippen LogP contribution in [0.1, 0.15) is 226 Å². The zero-order chi connectivity index (χ0) is 59.9. The van der Waals surface area contributed by atoms with Crippen LogP contribution in [0, 0.1) is 0 Å². The molecule has 83 heavy (non-hydrogen) atoms.